The van der Waals surface area contributed by atoms with Gasteiger partial charge in [0.15, 0.2) is 0 Å². The Morgan fingerprint density at radius 1 is 1.50 bits per heavy atom. The molecule has 2 nitrogen and oxygen atoms in total. The first-order valence-electron chi connectivity index (χ1n) is 4.26. The fourth-order valence-electron chi connectivity index (χ4n) is 1.52. The van der Waals surface area contributed by atoms with Gasteiger partial charge >= 0.3 is 0 Å². The average molecular weight is 263 g/mol. The molecule has 1 aliphatic rings. The van der Waals surface area contributed by atoms with E-state index in [1.54, 1.807) is 11.1 Å². The van der Waals surface area contributed by atoms with Crippen LogP contribution >= 0.6 is 15.9 Å². The molecule has 0 atom stereocenters. The van der Waals surface area contributed by atoms with Gasteiger partial charge in [0.25, 0.3) is 5.92 Å². The summed E-state index contributed by atoms with van der Waals surface area (Å²) in [6, 6.07) is 3.68. The zero-order valence-electron chi connectivity index (χ0n) is 7.38. The van der Waals surface area contributed by atoms with E-state index in [-0.39, 0.29) is 13.1 Å². The second-order valence-electron chi connectivity index (χ2n) is 3.49. The summed E-state index contributed by atoms with van der Waals surface area (Å²) < 4.78 is 25.8. The predicted octanol–water partition coefficient (Wildman–Crippen LogP) is 2.29. The van der Waals surface area contributed by atoms with Gasteiger partial charge in [0.1, 0.15) is 4.60 Å². The topological polar surface area (TPSA) is 16.1 Å². The molecule has 1 aliphatic heterocycles. The molecule has 1 aromatic heterocycles. The third-order valence-corrected chi connectivity index (χ3v) is 2.54. The maximum atomic E-state index is 12.5. The Bertz CT molecular complexity index is 335. The SMILES string of the molecule is FC1(F)CN(Cc2ccnc(Br)c2)C1. The maximum absolute atomic E-state index is 12.5. The third kappa shape index (κ3) is 2.27. The summed E-state index contributed by atoms with van der Waals surface area (Å²) >= 11 is 3.24. The van der Waals surface area contributed by atoms with Crippen molar-refractivity contribution in [2.24, 2.45) is 0 Å². The molecule has 0 amide bonds. The highest BCUT2D eigenvalue weighted by Gasteiger charge is 2.43. The van der Waals surface area contributed by atoms with Crippen LogP contribution in [0, 0.1) is 0 Å². The number of aromatic nitrogens is 1. The highest BCUT2D eigenvalue weighted by Crippen LogP contribution is 2.28. The number of rotatable bonds is 2. The molecular formula is C9H9BrF2N2. The van der Waals surface area contributed by atoms with Crippen molar-refractivity contribution in [2.45, 2.75) is 12.5 Å². The monoisotopic (exact) mass is 262 g/mol. The van der Waals surface area contributed by atoms with Crippen LogP contribution in [0.25, 0.3) is 0 Å². The van der Waals surface area contributed by atoms with Crippen molar-refractivity contribution < 1.29 is 8.78 Å². The second-order valence-corrected chi connectivity index (χ2v) is 4.30. The van der Waals surface area contributed by atoms with Gasteiger partial charge in [-0.1, -0.05) is 0 Å². The number of pyridine rings is 1. The summed E-state index contributed by atoms with van der Waals surface area (Å²) in [5.74, 6) is -2.48. The normalized spacial score (nSPS) is 20.5. The van der Waals surface area contributed by atoms with E-state index in [1.807, 2.05) is 12.1 Å². The first kappa shape index (κ1) is 9.98. The fourth-order valence-corrected chi connectivity index (χ4v) is 1.93. The van der Waals surface area contributed by atoms with Gasteiger partial charge < -0.3 is 0 Å². The van der Waals surface area contributed by atoms with Gasteiger partial charge in [-0.25, -0.2) is 13.8 Å². The zero-order valence-corrected chi connectivity index (χ0v) is 8.97. The van der Waals surface area contributed by atoms with E-state index in [4.69, 9.17) is 0 Å². The molecule has 0 bridgehead atoms. The number of halogens is 3. The van der Waals surface area contributed by atoms with Crippen molar-refractivity contribution >= 4 is 15.9 Å². The summed E-state index contributed by atoms with van der Waals surface area (Å²) in [4.78, 5) is 5.68. The van der Waals surface area contributed by atoms with Gasteiger partial charge in [0.2, 0.25) is 0 Å². The predicted molar refractivity (Wildman–Crippen MR) is 52.2 cm³/mol. The lowest BCUT2D eigenvalue weighted by molar-refractivity contribution is -0.133. The molecule has 0 radical (unpaired) electrons. The third-order valence-electron chi connectivity index (χ3n) is 2.11. The lowest BCUT2D eigenvalue weighted by Gasteiger charge is -2.38. The minimum atomic E-state index is -2.48. The van der Waals surface area contributed by atoms with E-state index in [0.717, 1.165) is 10.2 Å². The molecule has 0 N–H and O–H groups in total. The first-order valence-corrected chi connectivity index (χ1v) is 5.05. The van der Waals surface area contributed by atoms with Crippen molar-refractivity contribution in [3.8, 4) is 0 Å². The lowest BCUT2D eigenvalue weighted by Crippen LogP contribution is -2.55. The van der Waals surface area contributed by atoms with Crippen LogP contribution in [-0.2, 0) is 6.54 Å². The van der Waals surface area contributed by atoms with E-state index < -0.39 is 5.92 Å². The lowest BCUT2D eigenvalue weighted by atomic mass is 10.1. The number of alkyl halides is 2. The molecule has 2 heterocycles. The summed E-state index contributed by atoms with van der Waals surface area (Å²) in [6.45, 7) is 0.302. The fraction of sp³-hybridized carbons (Fsp3) is 0.444. The summed E-state index contributed by atoms with van der Waals surface area (Å²) in [5, 5.41) is 0. The second kappa shape index (κ2) is 3.55. The number of hydrogen-bond donors (Lipinski definition) is 0. The molecule has 0 unspecified atom stereocenters. The van der Waals surface area contributed by atoms with Gasteiger partial charge in [0.05, 0.1) is 13.1 Å². The summed E-state index contributed by atoms with van der Waals surface area (Å²) in [6.07, 6.45) is 1.66. The number of hydrogen-bond acceptors (Lipinski definition) is 2. The Kier molecular flexibility index (Phi) is 2.53. The summed E-state index contributed by atoms with van der Waals surface area (Å²) in [7, 11) is 0. The molecule has 0 saturated carbocycles. The smallest absolute Gasteiger partial charge is 0.272 e. The molecule has 14 heavy (non-hydrogen) atoms. The van der Waals surface area contributed by atoms with Gasteiger partial charge in [-0.2, -0.15) is 0 Å². The van der Waals surface area contributed by atoms with Crippen molar-refractivity contribution in [1.82, 2.24) is 9.88 Å². The van der Waals surface area contributed by atoms with Crippen LogP contribution in [0.15, 0.2) is 22.9 Å². The number of likely N-dealkylation sites (tertiary alicyclic amines) is 1. The van der Waals surface area contributed by atoms with Gasteiger partial charge in [-0.15, -0.1) is 0 Å². The van der Waals surface area contributed by atoms with Crippen molar-refractivity contribution in [2.75, 3.05) is 13.1 Å². The van der Waals surface area contributed by atoms with Crippen LogP contribution in [0.2, 0.25) is 0 Å². The Labute approximate surface area is 89.1 Å². The van der Waals surface area contributed by atoms with Crippen LogP contribution in [0.3, 0.4) is 0 Å². The van der Waals surface area contributed by atoms with E-state index in [2.05, 4.69) is 20.9 Å². The van der Waals surface area contributed by atoms with Crippen LogP contribution in [0.4, 0.5) is 8.78 Å². The standard InChI is InChI=1S/C9H9BrF2N2/c10-8-3-7(1-2-13-8)4-14-5-9(11,12)6-14/h1-3H,4-6H2. The highest BCUT2D eigenvalue weighted by atomic mass is 79.9. The van der Waals surface area contributed by atoms with Gasteiger partial charge in [-0.05, 0) is 33.6 Å². The van der Waals surface area contributed by atoms with Crippen LogP contribution in [-0.4, -0.2) is 28.9 Å². The molecular weight excluding hydrogens is 254 g/mol. The summed E-state index contributed by atoms with van der Waals surface area (Å²) in [5.41, 5.74) is 1.00. The number of nitrogens with zero attached hydrogens (tertiary/aromatic N) is 2. The van der Waals surface area contributed by atoms with E-state index in [9.17, 15) is 8.78 Å². The molecule has 1 saturated heterocycles. The van der Waals surface area contributed by atoms with Crippen molar-refractivity contribution in [3.63, 3.8) is 0 Å². The molecule has 1 aromatic rings. The van der Waals surface area contributed by atoms with E-state index in [0.29, 0.717) is 6.54 Å². The van der Waals surface area contributed by atoms with Crippen LogP contribution in [0.5, 0.6) is 0 Å². The molecule has 0 aliphatic carbocycles. The molecule has 76 valence electrons. The molecule has 0 spiro atoms. The molecule has 0 aromatic carbocycles. The Morgan fingerprint density at radius 3 is 2.79 bits per heavy atom. The Morgan fingerprint density at radius 2 is 2.21 bits per heavy atom. The van der Waals surface area contributed by atoms with Gasteiger partial charge in [0, 0.05) is 12.7 Å². The zero-order chi connectivity index (χ0) is 10.2. The maximum Gasteiger partial charge on any atom is 0.272 e. The van der Waals surface area contributed by atoms with Crippen LogP contribution < -0.4 is 0 Å². The molecule has 1 fully saturated rings. The quantitative estimate of drug-likeness (QED) is 0.761. The van der Waals surface area contributed by atoms with Crippen LogP contribution in [0.1, 0.15) is 5.56 Å². The average Bonchev–Trinajstić information content (AvgIpc) is 2.00. The van der Waals surface area contributed by atoms with Gasteiger partial charge in [-0.3, -0.25) is 4.90 Å². The minimum Gasteiger partial charge on any atom is -0.287 e. The Hall–Kier alpha value is -0.550. The molecule has 5 heteroatoms. The van der Waals surface area contributed by atoms with E-state index in [1.165, 1.54) is 0 Å². The highest BCUT2D eigenvalue weighted by molar-refractivity contribution is 9.10. The molecule has 2 rings (SSSR count). The first-order chi connectivity index (χ1) is 6.55. The largest absolute Gasteiger partial charge is 0.287 e. The van der Waals surface area contributed by atoms with Crippen molar-refractivity contribution in [1.29, 1.82) is 0 Å². The van der Waals surface area contributed by atoms with Crippen molar-refractivity contribution in [3.05, 3.63) is 28.5 Å². The van der Waals surface area contributed by atoms with E-state index >= 15 is 0 Å². The minimum absolute atomic E-state index is 0.132. The Balaban J connectivity index is 1.93.